The predicted molar refractivity (Wildman–Crippen MR) is 102 cm³/mol. The number of carbonyl (C=O) groups excluding carboxylic acids is 1. The van der Waals surface area contributed by atoms with Crippen LogP contribution in [0.5, 0.6) is 0 Å². The molecule has 0 N–H and O–H groups in total. The zero-order chi connectivity index (χ0) is 17.9. The third kappa shape index (κ3) is 4.33. The maximum atomic E-state index is 13.0. The van der Waals surface area contributed by atoms with E-state index in [1.165, 1.54) is 25.3 Å². The number of sulfonamides is 1. The fourth-order valence-electron chi connectivity index (χ4n) is 1.89. The van der Waals surface area contributed by atoms with Gasteiger partial charge in [0.2, 0.25) is 0 Å². The van der Waals surface area contributed by atoms with Crippen molar-refractivity contribution in [2.45, 2.75) is 4.90 Å². The summed E-state index contributed by atoms with van der Waals surface area (Å²) in [5.41, 5.74) is 0.346. The molecule has 128 valence electrons. The first-order valence-electron chi connectivity index (χ1n) is 6.56. The predicted octanol–water partition coefficient (Wildman–Crippen LogP) is 3.97. The summed E-state index contributed by atoms with van der Waals surface area (Å²) in [6.45, 7) is -0.459. The first kappa shape index (κ1) is 19.3. The summed E-state index contributed by atoms with van der Waals surface area (Å²) in [6.07, 6.45) is 0. The Balaban J connectivity index is 2.56. The number of esters is 1. The molecule has 0 amide bonds. The highest BCUT2D eigenvalue weighted by atomic mass is 127. The van der Waals surface area contributed by atoms with Crippen LogP contribution in [0.1, 0.15) is 0 Å². The Morgan fingerprint density at radius 1 is 1.17 bits per heavy atom. The number of ether oxygens (including phenoxy) is 1. The van der Waals surface area contributed by atoms with Crippen LogP contribution in [0, 0.1) is 3.57 Å². The lowest BCUT2D eigenvalue weighted by Crippen LogP contribution is -2.36. The molecular formula is C15H12Cl2INO4S. The standard InChI is InChI=1S/C15H12Cl2INO4S/c1-23-15(20)9-19(11-4-2-3-10(18)7-11)24(21,22)12-5-6-13(16)14(17)8-12/h2-8H,9H2,1H3. The quantitative estimate of drug-likeness (QED) is 0.461. The monoisotopic (exact) mass is 499 g/mol. The molecule has 5 nitrogen and oxygen atoms in total. The van der Waals surface area contributed by atoms with Crippen molar-refractivity contribution in [1.82, 2.24) is 0 Å². The topological polar surface area (TPSA) is 63.7 Å². The van der Waals surface area contributed by atoms with E-state index in [-0.39, 0.29) is 14.9 Å². The average Bonchev–Trinajstić information content (AvgIpc) is 2.54. The second-order valence-corrected chi connectivity index (χ2v) is 8.57. The van der Waals surface area contributed by atoms with E-state index in [2.05, 4.69) is 27.3 Å². The van der Waals surface area contributed by atoms with Gasteiger partial charge in [0.05, 0.1) is 27.7 Å². The smallest absolute Gasteiger partial charge is 0.326 e. The van der Waals surface area contributed by atoms with Crippen LogP contribution in [0.2, 0.25) is 10.0 Å². The van der Waals surface area contributed by atoms with E-state index in [1.807, 2.05) is 6.07 Å². The first-order valence-corrected chi connectivity index (χ1v) is 9.83. The molecule has 2 aromatic carbocycles. The Morgan fingerprint density at radius 3 is 2.46 bits per heavy atom. The average molecular weight is 500 g/mol. The van der Waals surface area contributed by atoms with Gasteiger partial charge in [0.15, 0.2) is 0 Å². The third-order valence-corrected chi connectivity index (χ3v) is 6.26. The first-order chi connectivity index (χ1) is 11.3. The largest absolute Gasteiger partial charge is 0.468 e. The number of nitrogens with zero attached hydrogens (tertiary/aromatic N) is 1. The Kier molecular flexibility index (Phi) is 6.35. The Morgan fingerprint density at radius 2 is 1.88 bits per heavy atom. The van der Waals surface area contributed by atoms with E-state index >= 15 is 0 Å². The number of hydrogen-bond donors (Lipinski definition) is 0. The van der Waals surface area contributed by atoms with Crippen molar-refractivity contribution in [1.29, 1.82) is 0 Å². The SMILES string of the molecule is COC(=O)CN(c1cccc(I)c1)S(=O)(=O)c1ccc(Cl)c(Cl)c1. The number of carbonyl (C=O) groups is 1. The third-order valence-electron chi connectivity index (χ3n) is 3.08. The Hall–Kier alpha value is -1.03. The number of halogens is 3. The summed E-state index contributed by atoms with van der Waals surface area (Å²) in [5.74, 6) is -0.683. The van der Waals surface area contributed by atoms with E-state index < -0.39 is 22.5 Å². The molecule has 0 heterocycles. The molecule has 0 aliphatic heterocycles. The van der Waals surface area contributed by atoms with Gasteiger partial charge >= 0.3 is 5.97 Å². The van der Waals surface area contributed by atoms with E-state index in [0.29, 0.717) is 5.69 Å². The van der Waals surface area contributed by atoms with Gasteiger partial charge in [-0.3, -0.25) is 9.10 Å². The van der Waals surface area contributed by atoms with Crippen LogP contribution in [0.3, 0.4) is 0 Å². The molecule has 0 fully saturated rings. The van der Waals surface area contributed by atoms with Crippen LogP contribution in [0.25, 0.3) is 0 Å². The van der Waals surface area contributed by atoms with Crippen LogP contribution in [-0.2, 0) is 19.6 Å². The van der Waals surface area contributed by atoms with Gasteiger partial charge in [-0.1, -0.05) is 29.3 Å². The van der Waals surface area contributed by atoms with Gasteiger partial charge in [0.1, 0.15) is 6.54 Å². The second kappa shape index (κ2) is 7.90. The van der Waals surface area contributed by atoms with E-state index in [4.69, 9.17) is 23.2 Å². The fourth-order valence-corrected chi connectivity index (χ4v) is 4.21. The molecule has 9 heteroatoms. The molecule has 0 spiro atoms. The number of anilines is 1. The highest BCUT2D eigenvalue weighted by Gasteiger charge is 2.28. The number of benzene rings is 2. The molecule has 0 bridgehead atoms. The van der Waals surface area contributed by atoms with Gasteiger partial charge in [0.25, 0.3) is 10.0 Å². The van der Waals surface area contributed by atoms with E-state index in [9.17, 15) is 13.2 Å². The molecule has 2 aromatic rings. The molecule has 0 radical (unpaired) electrons. The van der Waals surface area contributed by atoms with Crippen LogP contribution >= 0.6 is 45.8 Å². The normalized spacial score (nSPS) is 11.2. The zero-order valence-corrected chi connectivity index (χ0v) is 16.9. The lowest BCUT2D eigenvalue weighted by Gasteiger charge is -2.23. The number of rotatable bonds is 5. The molecular weight excluding hydrogens is 488 g/mol. The van der Waals surface area contributed by atoms with Gasteiger partial charge in [-0.05, 0) is 59.0 Å². The van der Waals surface area contributed by atoms with Crippen molar-refractivity contribution < 1.29 is 17.9 Å². The van der Waals surface area contributed by atoms with Gasteiger partial charge in [-0.15, -0.1) is 0 Å². The lowest BCUT2D eigenvalue weighted by molar-refractivity contribution is -0.138. The maximum Gasteiger partial charge on any atom is 0.326 e. The molecule has 0 saturated carbocycles. The van der Waals surface area contributed by atoms with Gasteiger partial charge in [0, 0.05) is 3.57 Å². The zero-order valence-electron chi connectivity index (χ0n) is 12.4. The molecule has 0 saturated heterocycles. The van der Waals surface area contributed by atoms with Crippen LogP contribution in [0.15, 0.2) is 47.4 Å². The second-order valence-electron chi connectivity index (χ2n) is 4.64. The van der Waals surface area contributed by atoms with E-state index in [1.54, 1.807) is 18.2 Å². The highest BCUT2D eigenvalue weighted by Crippen LogP contribution is 2.29. The minimum absolute atomic E-state index is 0.0698. The minimum Gasteiger partial charge on any atom is -0.468 e. The highest BCUT2D eigenvalue weighted by molar-refractivity contribution is 14.1. The summed E-state index contributed by atoms with van der Waals surface area (Å²) in [4.78, 5) is 11.6. The summed E-state index contributed by atoms with van der Waals surface area (Å²) < 4.78 is 32.4. The van der Waals surface area contributed by atoms with Crippen LogP contribution in [-0.4, -0.2) is 28.0 Å². The maximum absolute atomic E-state index is 13.0. The molecule has 0 aliphatic rings. The summed E-state index contributed by atoms with van der Waals surface area (Å²) in [5, 5.41) is 0.350. The minimum atomic E-state index is -4.03. The Bertz CT molecular complexity index is 874. The van der Waals surface area contributed by atoms with Crippen LogP contribution in [0.4, 0.5) is 5.69 Å². The molecule has 24 heavy (non-hydrogen) atoms. The van der Waals surface area contributed by atoms with Gasteiger partial charge < -0.3 is 4.74 Å². The van der Waals surface area contributed by atoms with E-state index in [0.717, 1.165) is 7.88 Å². The summed E-state index contributed by atoms with van der Waals surface area (Å²) >= 11 is 13.8. The van der Waals surface area contributed by atoms with Crippen molar-refractivity contribution in [3.8, 4) is 0 Å². The molecule has 0 aliphatic carbocycles. The molecule has 0 aromatic heterocycles. The molecule has 2 rings (SSSR count). The van der Waals surface area contributed by atoms with Gasteiger partial charge in [-0.25, -0.2) is 8.42 Å². The van der Waals surface area contributed by atoms with Crippen molar-refractivity contribution in [3.63, 3.8) is 0 Å². The van der Waals surface area contributed by atoms with Gasteiger partial charge in [-0.2, -0.15) is 0 Å². The van der Waals surface area contributed by atoms with Crippen molar-refractivity contribution in [2.24, 2.45) is 0 Å². The lowest BCUT2D eigenvalue weighted by atomic mass is 10.3. The molecule has 0 unspecified atom stereocenters. The fraction of sp³-hybridized carbons (Fsp3) is 0.133. The Labute approximate surface area is 163 Å². The summed E-state index contributed by atoms with van der Waals surface area (Å²) in [7, 11) is -2.83. The van der Waals surface area contributed by atoms with Crippen molar-refractivity contribution >= 4 is 67.5 Å². The van der Waals surface area contributed by atoms with Crippen molar-refractivity contribution in [3.05, 3.63) is 56.1 Å². The number of hydrogen-bond acceptors (Lipinski definition) is 4. The van der Waals surface area contributed by atoms with Crippen LogP contribution < -0.4 is 4.31 Å². The van der Waals surface area contributed by atoms with Crippen molar-refractivity contribution in [2.75, 3.05) is 18.0 Å². The number of methoxy groups -OCH3 is 1. The molecule has 0 atom stereocenters. The summed E-state index contributed by atoms with van der Waals surface area (Å²) in [6, 6.07) is 10.7.